The molecule has 0 saturated heterocycles. The van der Waals surface area contributed by atoms with E-state index in [4.69, 9.17) is 9.97 Å². The SMILES string of the molecule is CCCc1nc2c(C)cc(C)nc2n1-c1ccc(C(C)O)cc1. The van der Waals surface area contributed by atoms with Gasteiger partial charge in [0, 0.05) is 17.8 Å². The Hall–Kier alpha value is -2.20. The van der Waals surface area contributed by atoms with E-state index in [1.165, 1.54) is 0 Å². The van der Waals surface area contributed by atoms with Crippen molar-refractivity contribution in [3.05, 3.63) is 53.0 Å². The van der Waals surface area contributed by atoms with Crippen molar-refractivity contribution in [1.82, 2.24) is 14.5 Å². The van der Waals surface area contributed by atoms with Crippen LogP contribution < -0.4 is 0 Å². The van der Waals surface area contributed by atoms with Gasteiger partial charge < -0.3 is 5.11 Å². The van der Waals surface area contributed by atoms with Gasteiger partial charge in [0.15, 0.2) is 5.65 Å². The second kappa shape index (κ2) is 6.13. The maximum atomic E-state index is 9.70. The molecule has 120 valence electrons. The topological polar surface area (TPSA) is 50.9 Å². The summed E-state index contributed by atoms with van der Waals surface area (Å²) in [5.74, 6) is 1.04. The van der Waals surface area contributed by atoms with Crippen LogP contribution in [0.5, 0.6) is 0 Å². The van der Waals surface area contributed by atoms with E-state index in [2.05, 4.69) is 24.5 Å². The Bertz CT molecular complexity index is 832. The van der Waals surface area contributed by atoms with Gasteiger partial charge in [0.2, 0.25) is 0 Å². The number of hydrogen-bond acceptors (Lipinski definition) is 3. The third-order valence-corrected chi connectivity index (χ3v) is 4.11. The molecule has 0 bridgehead atoms. The van der Waals surface area contributed by atoms with Gasteiger partial charge in [-0.15, -0.1) is 0 Å². The van der Waals surface area contributed by atoms with Gasteiger partial charge >= 0.3 is 0 Å². The minimum absolute atomic E-state index is 0.457. The molecule has 0 saturated carbocycles. The van der Waals surface area contributed by atoms with Crippen LogP contribution in [0.1, 0.15) is 49.0 Å². The highest BCUT2D eigenvalue weighted by Gasteiger charge is 2.15. The average molecular weight is 309 g/mol. The van der Waals surface area contributed by atoms with Gasteiger partial charge in [0.25, 0.3) is 0 Å². The molecule has 0 amide bonds. The standard InChI is InChI=1S/C19H23N3O/c1-5-6-17-21-18-12(2)11-13(3)20-19(18)22(17)16-9-7-15(8-10-16)14(4)23/h7-11,14,23H,5-6H2,1-4H3. The lowest BCUT2D eigenvalue weighted by molar-refractivity contribution is 0.199. The van der Waals surface area contributed by atoms with Crippen LogP contribution in [0.25, 0.3) is 16.9 Å². The van der Waals surface area contributed by atoms with Crippen LogP contribution in [0.4, 0.5) is 0 Å². The maximum absolute atomic E-state index is 9.70. The first-order chi connectivity index (χ1) is 11.0. The molecule has 0 aliphatic carbocycles. The summed E-state index contributed by atoms with van der Waals surface area (Å²) < 4.78 is 2.14. The molecule has 3 aromatic rings. The van der Waals surface area contributed by atoms with Crippen LogP contribution in [0.15, 0.2) is 30.3 Å². The number of aliphatic hydroxyl groups is 1. The second-order valence-electron chi connectivity index (χ2n) is 6.13. The fourth-order valence-electron chi connectivity index (χ4n) is 2.97. The Morgan fingerprint density at radius 1 is 1.13 bits per heavy atom. The van der Waals surface area contributed by atoms with Gasteiger partial charge in [-0.1, -0.05) is 19.1 Å². The summed E-state index contributed by atoms with van der Waals surface area (Å²) >= 11 is 0. The number of nitrogens with zero attached hydrogens (tertiary/aromatic N) is 3. The predicted octanol–water partition coefficient (Wildman–Crippen LogP) is 4.04. The molecule has 0 radical (unpaired) electrons. The molecule has 1 unspecified atom stereocenters. The molecule has 1 N–H and O–H groups in total. The lowest BCUT2D eigenvalue weighted by Crippen LogP contribution is -2.03. The van der Waals surface area contributed by atoms with E-state index in [0.717, 1.165) is 52.3 Å². The van der Waals surface area contributed by atoms with E-state index < -0.39 is 6.10 Å². The summed E-state index contributed by atoms with van der Waals surface area (Å²) in [4.78, 5) is 9.55. The lowest BCUT2D eigenvalue weighted by atomic mass is 10.1. The van der Waals surface area contributed by atoms with Crippen molar-refractivity contribution >= 4 is 11.2 Å². The fourth-order valence-corrected chi connectivity index (χ4v) is 2.97. The summed E-state index contributed by atoms with van der Waals surface area (Å²) in [6.45, 7) is 8.03. The smallest absolute Gasteiger partial charge is 0.165 e. The minimum Gasteiger partial charge on any atom is -0.389 e. The van der Waals surface area contributed by atoms with Gasteiger partial charge in [0.05, 0.1) is 6.10 Å². The Kier molecular flexibility index (Phi) is 4.18. The van der Waals surface area contributed by atoms with E-state index in [0.29, 0.717) is 0 Å². The van der Waals surface area contributed by atoms with Crippen molar-refractivity contribution in [3.63, 3.8) is 0 Å². The van der Waals surface area contributed by atoms with E-state index in [9.17, 15) is 5.11 Å². The van der Waals surface area contributed by atoms with Crippen molar-refractivity contribution < 1.29 is 5.11 Å². The number of pyridine rings is 1. The van der Waals surface area contributed by atoms with Crippen molar-refractivity contribution in [2.45, 2.75) is 46.6 Å². The second-order valence-corrected chi connectivity index (χ2v) is 6.13. The fraction of sp³-hybridized carbons (Fsp3) is 0.368. The Balaban J connectivity index is 2.23. The Morgan fingerprint density at radius 2 is 1.83 bits per heavy atom. The van der Waals surface area contributed by atoms with Crippen molar-refractivity contribution in [1.29, 1.82) is 0 Å². The Labute approximate surface area is 136 Å². The molecular formula is C19H23N3O. The monoisotopic (exact) mass is 309 g/mol. The molecule has 0 aliphatic rings. The lowest BCUT2D eigenvalue weighted by Gasteiger charge is -2.11. The molecule has 3 rings (SSSR count). The molecule has 0 fully saturated rings. The maximum Gasteiger partial charge on any atom is 0.165 e. The zero-order valence-corrected chi connectivity index (χ0v) is 14.2. The van der Waals surface area contributed by atoms with E-state index >= 15 is 0 Å². The summed E-state index contributed by atoms with van der Waals surface area (Å²) in [5, 5.41) is 9.70. The first-order valence-electron chi connectivity index (χ1n) is 8.15. The molecule has 1 aromatic carbocycles. The van der Waals surface area contributed by atoms with Crippen molar-refractivity contribution in [2.24, 2.45) is 0 Å². The van der Waals surface area contributed by atoms with Gasteiger partial charge in [-0.05, 0) is 56.5 Å². The number of fused-ring (bicyclic) bond motifs is 1. The van der Waals surface area contributed by atoms with Gasteiger partial charge in [-0.2, -0.15) is 0 Å². The quantitative estimate of drug-likeness (QED) is 0.791. The Morgan fingerprint density at radius 3 is 2.43 bits per heavy atom. The molecule has 1 atom stereocenters. The zero-order valence-electron chi connectivity index (χ0n) is 14.2. The average Bonchev–Trinajstić information content (AvgIpc) is 2.86. The first kappa shape index (κ1) is 15.7. The third-order valence-electron chi connectivity index (χ3n) is 4.11. The molecule has 0 aliphatic heterocycles. The number of rotatable bonds is 4. The van der Waals surface area contributed by atoms with Crippen molar-refractivity contribution in [2.75, 3.05) is 0 Å². The molecule has 0 spiro atoms. The third kappa shape index (κ3) is 2.86. The number of aryl methyl sites for hydroxylation is 3. The van der Waals surface area contributed by atoms with E-state index in [-0.39, 0.29) is 0 Å². The van der Waals surface area contributed by atoms with Crippen LogP contribution in [0.2, 0.25) is 0 Å². The van der Waals surface area contributed by atoms with Crippen LogP contribution in [0.3, 0.4) is 0 Å². The largest absolute Gasteiger partial charge is 0.389 e. The highest BCUT2D eigenvalue weighted by atomic mass is 16.3. The van der Waals surface area contributed by atoms with Gasteiger partial charge in [0.1, 0.15) is 11.3 Å². The number of benzene rings is 1. The molecule has 2 heterocycles. The molecule has 23 heavy (non-hydrogen) atoms. The van der Waals surface area contributed by atoms with Crippen LogP contribution in [-0.4, -0.2) is 19.6 Å². The molecule has 2 aromatic heterocycles. The van der Waals surface area contributed by atoms with Crippen LogP contribution >= 0.6 is 0 Å². The highest BCUT2D eigenvalue weighted by Crippen LogP contribution is 2.25. The molecule has 4 heteroatoms. The summed E-state index contributed by atoms with van der Waals surface area (Å²) in [6.07, 6.45) is 1.49. The van der Waals surface area contributed by atoms with Crippen LogP contribution in [0, 0.1) is 13.8 Å². The first-order valence-corrected chi connectivity index (χ1v) is 8.15. The van der Waals surface area contributed by atoms with Crippen LogP contribution in [-0.2, 0) is 6.42 Å². The highest BCUT2D eigenvalue weighted by molar-refractivity contribution is 5.78. The number of imidazole rings is 1. The predicted molar refractivity (Wildman–Crippen MR) is 93.0 cm³/mol. The number of hydrogen-bond donors (Lipinski definition) is 1. The number of aliphatic hydroxyl groups excluding tert-OH is 1. The van der Waals surface area contributed by atoms with Crippen molar-refractivity contribution in [3.8, 4) is 5.69 Å². The summed E-state index contributed by atoms with van der Waals surface area (Å²) in [6, 6.07) is 10.1. The zero-order chi connectivity index (χ0) is 16.6. The summed E-state index contributed by atoms with van der Waals surface area (Å²) in [7, 11) is 0. The van der Waals surface area contributed by atoms with Gasteiger partial charge in [-0.25, -0.2) is 9.97 Å². The number of aromatic nitrogens is 3. The van der Waals surface area contributed by atoms with E-state index in [1.54, 1.807) is 6.92 Å². The normalized spacial score (nSPS) is 12.7. The minimum atomic E-state index is -0.457. The molecule has 4 nitrogen and oxygen atoms in total. The summed E-state index contributed by atoms with van der Waals surface area (Å²) in [5.41, 5.74) is 5.99. The molecular weight excluding hydrogens is 286 g/mol. The van der Waals surface area contributed by atoms with E-state index in [1.807, 2.05) is 31.2 Å². The van der Waals surface area contributed by atoms with Gasteiger partial charge in [-0.3, -0.25) is 4.57 Å².